The predicted molar refractivity (Wildman–Crippen MR) is 320 cm³/mol. The number of nitrogens with one attached hydrogen (secondary N) is 3. The van der Waals surface area contributed by atoms with E-state index in [1.165, 1.54) is 44.5 Å². The molecule has 0 radical (unpaired) electrons. The number of aryl methyl sites for hydroxylation is 2. The Labute approximate surface area is 474 Å². The summed E-state index contributed by atoms with van der Waals surface area (Å²) >= 11 is 0. The second-order valence-corrected chi connectivity index (χ2v) is 20.1. The van der Waals surface area contributed by atoms with Crippen molar-refractivity contribution in [3.8, 4) is 40.2 Å². The van der Waals surface area contributed by atoms with Gasteiger partial charge in [0.05, 0.1) is 52.8 Å². The Hall–Kier alpha value is -7.67. The molecule has 7 aromatic carbocycles. The molecule has 13 nitrogen and oxygen atoms in total. The molecule has 0 aliphatic carbocycles. The summed E-state index contributed by atoms with van der Waals surface area (Å²) in [4.78, 5) is 2.73. The summed E-state index contributed by atoms with van der Waals surface area (Å²) in [6, 6.07) is 56.0. The zero-order valence-electron chi connectivity index (χ0n) is 47.1. The van der Waals surface area contributed by atoms with E-state index in [1.54, 1.807) is 0 Å². The number of nitrogens with zero attached hydrogens (tertiary/aromatic N) is 3. The van der Waals surface area contributed by atoms with E-state index in [2.05, 4.69) is 155 Å². The molecule has 0 aliphatic heterocycles. The average molecular weight is 1080 g/mol. The molecule has 3 N–H and O–H groups in total. The number of hydrogen-bond acceptors (Lipinski definition) is 11. The molecule has 0 amide bonds. The minimum absolute atomic E-state index is 0.318. The molecule has 0 aromatic heterocycles. The number of benzene rings is 7. The van der Waals surface area contributed by atoms with Crippen LogP contribution in [0.25, 0.3) is 10.4 Å². The Bertz CT molecular complexity index is 2810. The SMILES string of the molecule is Cc1cc(C)cc(OCCCOc2ccc(CNCc3ccc(OCCCCCCOc4ccc(CNCc5ccc(OCCCCCCOc6ccc(CNCc7ccc(OCCN=[N+]=[N-])cc7)cc6)cc5)cc4)cc3)cc2)c1. The molecule has 7 rings (SSSR count). The van der Waals surface area contributed by atoms with Gasteiger partial charge in [-0.15, -0.1) is 0 Å². The third kappa shape index (κ3) is 24.1. The lowest BCUT2D eigenvalue weighted by Crippen LogP contribution is -2.12. The van der Waals surface area contributed by atoms with Gasteiger partial charge in [-0.05, 0) is 200 Å². The molecule has 80 heavy (non-hydrogen) atoms. The van der Waals surface area contributed by atoms with E-state index < -0.39 is 0 Å². The normalized spacial score (nSPS) is 10.9. The minimum Gasteiger partial charge on any atom is -0.494 e. The van der Waals surface area contributed by atoms with Crippen molar-refractivity contribution in [2.75, 3.05) is 52.8 Å². The Morgan fingerprint density at radius 3 is 0.800 bits per heavy atom. The van der Waals surface area contributed by atoms with Crippen molar-refractivity contribution in [3.63, 3.8) is 0 Å². The summed E-state index contributed by atoms with van der Waals surface area (Å²) in [5.74, 6) is 6.20. The molecule has 0 saturated heterocycles. The van der Waals surface area contributed by atoms with Gasteiger partial charge in [0.25, 0.3) is 0 Å². The predicted octanol–water partition coefficient (Wildman–Crippen LogP) is 14.7. The van der Waals surface area contributed by atoms with Crippen molar-refractivity contribution in [3.05, 3.63) is 219 Å². The second-order valence-electron chi connectivity index (χ2n) is 20.1. The summed E-state index contributed by atoms with van der Waals surface area (Å²) in [5.41, 5.74) is 18.1. The van der Waals surface area contributed by atoms with Crippen LogP contribution in [0.4, 0.5) is 0 Å². The quantitative estimate of drug-likeness (QED) is 0.0147. The standard InChI is InChI=1S/C67H82N6O7/c1-53-44-54(2)46-67(45-53)79-42-11-41-78-65-32-20-59(21-33-65)51-70-49-57-16-28-63(29-17-57)76-39-9-4-3-7-37-74-61-24-12-55(13-25-61)47-69-48-56-14-26-62(27-15-56)75-38-8-5-6-10-40-77-64-30-18-58(19-31-64)50-71-52-60-22-34-66(35-23-60)80-43-36-72-73-68/h12-35,44-46,69-71H,3-11,36-43,47-52H2,1-2H3. The second kappa shape index (κ2) is 35.8. The number of ether oxygens (including phenoxy) is 7. The molecule has 0 spiro atoms. The van der Waals surface area contributed by atoms with Gasteiger partial charge < -0.3 is 49.1 Å². The summed E-state index contributed by atoms with van der Waals surface area (Å²) in [6.07, 6.45) is 9.33. The lowest BCUT2D eigenvalue weighted by atomic mass is 10.1. The van der Waals surface area contributed by atoms with Crippen molar-refractivity contribution in [1.82, 2.24) is 16.0 Å². The fraction of sp³-hybridized carbons (Fsp3) is 0.373. The van der Waals surface area contributed by atoms with Crippen LogP contribution >= 0.6 is 0 Å². The molecular weight excluding hydrogens is 1000 g/mol. The van der Waals surface area contributed by atoms with Crippen molar-refractivity contribution in [2.24, 2.45) is 5.11 Å². The Morgan fingerprint density at radius 2 is 0.537 bits per heavy atom. The van der Waals surface area contributed by atoms with Crippen LogP contribution in [0.1, 0.15) is 102 Å². The summed E-state index contributed by atoms with van der Waals surface area (Å²) in [6.45, 7) is 13.6. The molecule has 0 heterocycles. The third-order valence-electron chi connectivity index (χ3n) is 13.2. The lowest BCUT2D eigenvalue weighted by molar-refractivity contribution is 0.247. The number of azide groups is 1. The fourth-order valence-corrected chi connectivity index (χ4v) is 8.85. The van der Waals surface area contributed by atoms with E-state index in [0.29, 0.717) is 52.8 Å². The number of hydrogen-bond donors (Lipinski definition) is 3. The number of rotatable bonds is 40. The Balaban J connectivity index is 0.625. The van der Waals surface area contributed by atoms with Crippen molar-refractivity contribution in [2.45, 2.75) is 111 Å². The highest BCUT2D eigenvalue weighted by atomic mass is 16.5. The lowest BCUT2D eigenvalue weighted by Gasteiger charge is -2.10. The van der Waals surface area contributed by atoms with Crippen LogP contribution in [0.5, 0.6) is 40.2 Å². The largest absolute Gasteiger partial charge is 0.494 e. The van der Waals surface area contributed by atoms with E-state index in [0.717, 1.165) is 137 Å². The van der Waals surface area contributed by atoms with E-state index >= 15 is 0 Å². The minimum atomic E-state index is 0.318. The van der Waals surface area contributed by atoms with Gasteiger partial charge >= 0.3 is 0 Å². The molecule has 0 atom stereocenters. The first-order chi connectivity index (χ1) is 39.4. The Morgan fingerprint density at radius 1 is 0.300 bits per heavy atom. The first kappa shape index (κ1) is 60.0. The first-order valence-corrected chi connectivity index (χ1v) is 28.6. The van der Waals surface area contributed by atoms with Crippen molar-refractivity contribution in [1.29, 1.82) is 0 Å². The van der Waals surface area contributed by atoms with Gasteiger partial charge in [-0.25, -0.2) is 0 Å². The van der Waals surface area contributed by atoms with Gasteiger partial charge in [-0.2, -0.15) is 0 Å². The number of unbranched alkanes of at least 4 members (excludes halogenated alkanes) is 6. The van der Waals surface area contributed by atoms with Crippen LogP contribution in [-0.2, 0) is 39.3 Å². The summed E-state index contributed by atoms with van der Waals surface area (Å²) < 4.78 is 41.5. The van der Waals surface area contributed by atoms with E-state index in [4.69, 9.17) is 38.7 Å². The van der Waals surface area contributed by atoms with E-state index in [-0.39, 0.29) is 0 Å². The van der Waals surface area contributed by atoms with Crippen LogP contribution < -0.4 is 49.1 Å². The maximum Gasteiger partial charge on any atom is 0.119 e. The van der Waals surface area contributed by atoms with Crippen molar-refractivity contribution >= 4 is 0 Å². The van der Waals surface area contributed by atoms with Crippen LogP contribution in [0.3, 0.4) is 0 Å². The molecule has 0 aliphatic rings. The van der Waals surface area contributed by atoms with Crippen LogP contribution in [0.15, 0.2) is 169 Å². The zero-order chi connectivity index (χ0) is 55.5. The molecule has 0 bridgehead atoms. The van der Waals surface area contributed by atoms with Crippen LogP contribution in [0, 0.1) is 13.8 Å². The zero-order valence-corrected chi connectivity index (χ0v) is 47.1. The highest BCUT2D eigenvalue weighted by Gasteiger charge is 2.05. The van der Waals surface area contributed by atoms with Crippen LogP contribution in [0.2, 0.25) is 0 Å². The molecule has 13 heteroatoms. The van der Waals surface area contributed by atoms with Gasteiger partial charge in [0.2, 0.25) is 0 Å². The van der Waals surface area contributed by atoms with Gasteiger partial charge in [-0.1, -0.05) is 84.0 Å². The molecule has 0 unspecified atom stereocenters. The van der Waals surface area contributed by atoms with Crippen molar-refractivity contribution < 1.29 is 33.2 Å². The monoisotopic (exact) mass is 1080 g/mol. The van der Waals surface area contributed by atoms with Crippen LogP contribution in [-0.4, -0.2) is 52.8 Å². The molecule has 7 aromatic rings. The smallest absolute Gasteiger partial charge is 0.119 e. The first-order valence-electron chi connectivity index (χ1n) is 28.6. The topological polar surface area (TPSA) is 149 Å². The molecule has 422 valence electrons. The van der Waals surface area contributed by atoms with E-state index in [1.807, 2.05) is 48.5 Å². The summed E-state index contributed by atoms with van der Waals surface area (Å²) in [5, 5.41) is 14.1. The molecular formula is C67H82N6O7. The third-order valence-corrected chi connectivity index (χ3v) is 13.2. The maximum absolute atomic E-state index is 8.36. The average Bonchev–Trinajstić information content (AvgIpc) is 3.47. The maximum atomic E-state index is 8.36. The Kier molecular flexibility index (Phi) is 26.8. The highest BCUT2D eigenvalue weighted by Crippen LogP contribution is 2.21. The summed E-state index contributed by atoms with van der Waals surface area (Å²) in [7, 11) is 0. The highest BCUT2D eigenvalue weighted by molar-refractivity contribution is 5.34. The van der Waals surface area contributed by atoms with Gasteiger partial charge in [0, 0.05) is 50.6 Å². The van der Waals surface area contributed by atoms with Gasteiger partial charge in [0.1, 0.15) is 40.2 Å². The fourth-order valence-electron chi connectivity index (χ4n) is 8.85. The van der Waals surface area contributed by atoms with Gasteiger partial charge in [0.15, 0.2) is 0 Å². The molecule has 0 fully saturated rings. The van der Waals surface area contributed by atoms with Gasteiger partial charge in [-0.3, -0.25) is 0 Å². The molecule has 0 saturated carbocycles. The van der Waals surface area contributed by atoms with E-state index in [9.17, 15) is 0 Å².